The Morgan fingerprint density at radius 2 is 1.47 bits per heavy atom. The molecule has 4 N–H and O–H groups in total. The van der Waals surface area contributed by atoms with Crippen molar-refractivity contribution in [1.29, 1.82) is 0 Å². The fourth-order valence-electron chi connectivity index (χ4n) is 1.43. The minimum atomic E-state index is -0.435. The van der Waals surface area contributed by atoms with E-state index in [0.717, 1.165) is 11.1 Å². The van der Waals surface area contributed by atoms with E-state index < -0.39 is 5.41 Å². The zero-order valence-corrected chi connectivity index (χ0v) is 11.4. The highest BCUT2D eigenvalue weighted by molar-refractivity contribution is 5.47. The fourth-order valence-corrected chi connectivity index (χ4v) is 1.43. The molecule has 1 rings (SSSR count). The Hall–Kier alpha value is -1.20. The first-order valence-corrected chi connectivity index (χ1v) is 6.20. The van der Waals surface area contributed by atoms with Gasteiger partial charge in [0.2, 0.25) is 0 Å². The van der Waals surface area contributed by atoms with Gasteiger partial charge in [0.15, 0.2) is 0 Å². The molecule has 0 bridgehead atoms. The van der Waals surface area contributed by atoms with Gasteiger partial charge in [0, 0.05) is 5.41 Å². The second kappa shape index (κ2) is 9.69. The summed E-state index contributed by atoms with van der Waals surface area (Å²) in [6.07, 6.45) is 2.47. The molecule has 1 aromatic rings. The minimum absolute atomic E-state index is 0.00723. The van der Waals surface area contributed by atoms with Crippen LogP contribution in [-0.2, 0) is 6.42 Å². The van der Waals surface area contributed by atoms with Crippen molar-refractivity contribution in [3.8, 4) is 0 Å². The van der Waals surface area contributed by atoms with Crippen LogP contribution < -0.4 is 0 Å². The largest absolute Gasteiger partial charge is 0.396 e. The molecule has 0 aliphatic rings. The molecule has 0 amide bonds. The molecular formula is C15H24O4. The topological polar surface area (TPSA) is 80.9 Å². The molecular weight excluding hydrogens is 244 g/mol. The predicted octanol–water partition coefficient (Wildman–Crippen LogP) is 0.834. The molecule has 0 heterocycles. The molecule has 0 spiro atoms. The van der Waals surface area contributed by atoms with Crippen LogP contribution in [0, 0.1) is 5.41 Å². The molecule has 0 unspecified atom stereocenters. The fraction of sp³-hybridized carbons (Fsp3) is 0.467. The summed E-state index contributed by atoms with van der Waals surface area (Å²) in [6.45, 7) is 5.29. The standard InChI is InChI=1S/C13H18O2.C2H6O2/c1-3-11-4-6-12(7-5-11)8-13(2,9-14)10-15;3-1-2-4/h3-7,14-15H,1,8-10H2,2H3;3-4H,1-2H2. The van der Waals surface area contributed by atoms with Crippen LogP contribution >= 0.6 is 0 Å². The molecule has 0 saturated heterocycles. The zero-order valence-electron chi connectivity index (χ0n) is 11.4. The Bertz CT molecular complexity index is 340. The Kier molecular flexibility index (Phi) is 9.08. The van der Waals surface area contributed by atoms with Crippen LogP contribution in [0.2, 0.25) is 0 Å². The normalized spacial score (nSPS) is 10.6. The van der Waals surface area contributed by atoms with Crippen molar-refractivity contribution in [3.63, 3.8) is 0 Å². The number of aliphatic hydroxyl groups is 4. The summed E-state index contributed by atoms with van der Waals surface area (Å²) >= 11 is 0. The SMILES string of the molecule is C=Cc1ccc(CC(C)(CO)CO)cc1.OCCO. The summed E-state index contributed by atoms with van der Waals surface area (Å²) in [7, 11) is 0. The van der Waals surface area contributed by atoms with Gasteiger partial charge < -0.3 is 20.4 Å². The third kappa shape index (κ3) is 7.08. The van der Waals surface area contributed by atoms with Crippen LogP contribution in [0.4, 0.5) is 0 Å². The maximum atomic E-state index is 9.17. The number of hydrogen-bond donors (Lipinski definition) is 4. The van der Waals surface area contributed by atoms with E-state index in [1.165, 1.54) is 0 Å². The van der Waals surface area contributed by atoms with Crippen LogP contribution in [0.15, 0.2) is 30.8 Å². The van der Waals surface area contributed by atoms with Crippen molar-refractivity contribution < 1.29 is 20.4 Å². The third-order valence-electron chi connectivity index (χ3n) is 2.71. The molecule has 0 atom stereocenters. The van der Waals surface area contributed by atoms with Crippen molar-refractivity contribution in [2.24, 2.45) is 5.41 Å². The molecule has 108 valence electrons. The van der Waals surface area contributed by atoms with Gasteiger partial charge in [-0.05, 0) is 17.5 Å². The highest BCUT2D eigenvalue weighted by Crippen LogP contribution is 2.21. The van der Waals surface area contributed by atoms with E-state index >= 15 is 0 Å². The maximum Gasteiger partial charge on any atom is 0.0662 e. The van der Waals surface area contributed by atoms with E-state index in [1.54, 1.807) is 6.08 Å². The van der Waals surface area contributed by atoms with Crippen molar-refractivity contribution >= 4 is 6.08 Å². The first-order valence-electron chi connectivity index (χ1n) is 6.20. The molecule has 0 aromatic heterocycles. The summed E-state index contributed by atoms with van der Waals surface area (Å²) in [5, 5.41) is 33.6. The van der Waals surface area contributed by atoms with Gasteiger partial charge in [-0.15, -0.1) is 0 Å². The van der Waals surface area contributed by atoms with Gasteiger partial charge in [0.1, 0.15) is 0 Å². The van der Waals surface area contributed by atoms with Crippen LogP contribution in [0.5, 0.6) is 0 Å². The van der Waals surface area contributed by atoms with Crippen molar-refractivity contribution in [3.05, 3.63) is 42.0 Å². The first-order chi connectivity index (χ1) is 9.05. The quantitative estimate of drug-likeness (QED) is 0.616. The van der Waals surface area contributed by atoms with Gasteiger partial charge in [0.05, 0.1) is 26.4 Å². The molecule has 4 heteroatoms. The summed E-state index contributed by atoms with van der Waals surface area (Å²) in [4.78, 5) is 0. The number of rotatable bonds is 6. The first kappa shape index (κ1) is 17.8. The second-order valence-corrected chi connectivity index (χ2v) is 4.70. The van der Waals surface area contributed by atoms with E-state index in [1.807, 2.05) is 31.2 Å². The van der Waals surface area contributed by atoms with Gasteiger partial charge in [0.25, 0.3) is 0 Å². The Morgan fingerprint density at radius 1 is 1.00 bits per heavy atom. The van der Waals surface area contributed by atoms with E-state index in [9.17, 15) is 10.2 Å². The highest BCUT2D eigenvalue weighted by Gasteiger charge is 2.22. The molecule has 19 heavy (non-hydrogen) atoms. The smallest absolute Gasteiger partial charge is 0.0662 e. The van der Waals surface area contributed by atoms with Gasteiger partial charge in [-0.3, -0.25) is 0 Å². The lowest BCUT2D eigenvalue weighted by atomic mass is 9.85. The van der Waals surface area contributed by atoms with Crippen LogP contribution in [0.3, 0.4) is 0 Å². The molecule has 0 aliphatic carbocycles. The van der Waals surface area contributed by atoms with Crippen LogP contribution in [0.1, 0.15) is 18.1 Å². The molecule has 0 radical (unpaired) electrons. The molecule has 0 fully saturated rings. The van der Waals surface area contributed by atoms with E-state index in [0.29, 0.717) is 6.42 Å². The van der Waals surface area contributed by atoms with Gasteiger partial charge in [-0.1, -0.05) is 43.8 Å². The lowest BCUT2D eigenvalue weighted by molar-refractivity contribution is 0.0704. The second-order valence-electron chi connectivity index (χ2n) is 4.70. The summed E-state index contributed by atoms with van der Waals surface area (Å²) < 4.78 is 0. The Morgan fingerprint density at radius 3 is 1.79 bits per heavy atom. The van der Waals surface area contributed by atoms with Crippen molar-refractivity contribution in [2.45, 2.75) is 13.3 Å². The summed E-state index contributed by atoms with van der Waals surface area (Å²) in [5.74, 6) is 0. The predicted molar refractivity (Wildman–Crippen MR) is 76.7 cm³/mol. The number of hydrogen-bond acceptors (Lipinski definition) is 4. The van der Waals surface area contributed by atoms with E-state index in [-0.39, 0.29) is 26.4 Å². The zero-order chi connectivity index (χ0) is 14.7. The molecule has 1 aromatic carbocycles. The van der Waals surface area contributed by atoms with Crippen molar-refractivity contribution in [1.82, 2.24) is 0 Å². The number of benzene rings is 1. The maximum absolute atomic E-state index is 9.17. The number of aliphatic hydroxyl groups excluding tert-OH is 4. The third-order valence-corrected chi connectivity index (χ3v) is 2.71. The van der Waals surface area contributed by atoms with Gasteiger partial charge in [-0.25, -0.2) is 0 Å². The Labute approximate surface area is 114 Å². The summed E-state index contributed by atoms with van der Waals surface area (Å²) in [5.41, 5.74) is 1.76. The molecule has 0 saturated carbocycles. The monoisotopic (exact) mass is 268 g/mol. The van der Waals surface area contributed by atoms with Crippen molar-refractivity contribution in [2.75, 3.05) is 26.4 Å². The lowest BCUT2D eigenvalue weighted by Gasteiger charge is -2.24. The Balaban J connectivity index is 0.000000711. The molecule has 4 nitrogen and oxygen atoms in total. The van der Waals surface area contributed by atoms with Gasteiger partial charge in [-0.2, -0.15) is 0 Å². The van der Waals surface area contributed by atoms with E-state index in [4.69, 9.17) is 10.2 Å². The molecule has 0 aliphatic heterocycles. The average Bonchev–Trinajstić information content (AvgIpc) is 2.48. The minimum Gasteiger partial charge on any atom is -0.396 e. The van der Waals surface area contributed by atoms with Gasteiger partial charge >= 0.3 is 0 Å². The van der Waals surface area contributed by atoms with Crippen LogP contribution in [0.25, 0.3) is 6.08 Å². The van der Waals surface area contributed by atoms with E-state index in [2.05, 4.69) is 6.58 Å². The van der Waals surface area contributed by atoms with Crippen LogP contribution in [-0.4, -0.2) is 46.9 Å². The average molecular weight is 268 g/mol. The lowest BCUT2D eigenvalue weighted by Crippen LogP contribution is -2.28. The summed E-state index contributed by atoms with van der Waals surface area (Å²) in [6, 6.07) is 7.97. The highest BCUT2D eigenvalue weighted by atomic mass is 16.3.